The first-order valence-corrected chi connectivity index (χ1v) is 8.01. The highest BCUT2D eigenvalue weighted by atomic mass is 16.2. The fraction of sp³-hybridized carbons (Fsp3) is 0.600. The number of nitrogens with one attached hydrogen (secondary N) is 2. The molecule has 9 heteroatoms. The molecule has 1 amide bonds. The molecule has 2 aromatic rings. The highest BCUT2D eigenvalue weighted by Gasteiger charge is 2.23. The summed E-state index contributed by atoms with van der Waals surface area (Å²) >= 11 is 0. The number of aryl methyl sites for hydroxylation is 2. The number of hydrogen-bond donors (Lipinski definition) is 2. The number of aromatic nitrogens is 4. The van der Waals surface area contributed by atoms with Crippen molar-refractivity contribution in [3.8, 4) is 0 Å². The van der Waals surface area contributed by atoms with Gasteiger partial charge in [-0.3, -0.25) is 14.2 Å². The van der Waals surface area contributed by atoms with Crippen LogP contribution in [0.25, 0.3) is 11.2 Å². The number of imidazole rings is 1. The van der Waals surface area contributed by atoms with Gasteiger partial charge in [-0.1, -0.05) is 6.92 Å². The summed E-state index contributed by atoms with van der Waals surface area (Å²) in [4.78, 5) is 41.4. The van der Waals surface area contributed by atoms with Crippen molar-refractivity contribution < 1.29 is 4.79 Å². The van der Waals surface area contributed by atoms with Gasteiger partial charge in [-0.2, -0.15) is 0 Å². The maximum atomic E-state index is 12.6. The Bertz CT molecular complexity index is 893. The van der Waals surface area contributed by atoms with Crippen LogP contribution >= 0.6 is 0 Å². The fourth-order valence-corrected chi connectivity index (χ4v) is 3.11. The van der Waals surface area contributed by atoms with Crippen molar-refractivity contribution in [3.05, 3.63) is 27.2 Å². The Balaban J connectivity index is 1.90. The highest BCUT2D eigenvalue weighted by Crippen LogP contribution is 2.11. The summed E-state index contributed by atoms with van der Waals surface area (Å²) in [6, 6.07) is 0.00578. The molecule has 2 aromatic heterocycles. The lowest BCUT2D eigenvalue weighted by molar-refractivity contribution is -0.122. The molecule has 2 atom stereocenters. The number of nitrogens with zero attached hydrogens (tertiary/aromatic N) is 4. The van der Waals surface area contributed by atoms with Crippen LogP contribution in [-0.2, 0) is 25.4 Å². The van der Waals surface area contributed by atoms with Gasteiger partial charge in [0, 0.05) is 26.7 Å². The number of carbonyl (C=O) groups excluding carboxylic acids is 1. The zero-order valence-electron chi connectivity index (χ0n) is 14.1. The predicted octanol–water partition coefficient (Wildman–Crippen LogP) is -1.45. The SMILES string of the molecule is CC1CCNCC1NC(=O)Cn1c(=O)c2c(ncn2C)n(C)c1=O. The first-order valence-electron chi connectivity index (χ1n) is 8.01. The van der Waals surface area contributed by atoms with Crippen LogP contribution in [0.15, 0.2) is 15.9 Å². The normalized spacial score (nSPS) is 21.1. The van der Waals surface area contributed by atoms with Gasteiger partial charge in [0.2, 0.25) is 5.91 Å². The summed E-state index contributed by atoms with van der Waals surface area (Å²) in [5.74, 6) is 0.0191. The largest absolute Gasteiger partial charge is 0.350 e. The minimum absolute atomic E-state index is 0.00578. The van der Waals surface area contributed by atoms with E-state index in [1.807, 2.05) is 0 Å². The Morgan fingerprint density at radius 2 is 2.17 bits per heavy atom. The minimum Gasteiger partial charge on any atom is -0.350 e. The van der Waals surface area contributed by atoms with Crippen LogP contribution in [-0.4, -0.2) is 43.7 Å². The average molecular weight is 334 g/mol. The molecule has 2 unspecified atom stereocenters. The zero-order chi connectivity index (χ0) is 17.4. The molecule has 0 aromatic carbocycles. The Morgan fingerprint density at radius 3 is 2.88 bits per heavy atom. The van der Waals surface area contributed by atoms with Crippen molar-refractivity contribution in [1.29, 1.82) is 0 Å². The summed E-state index contributed by atoms with van der Waals surface area (Å²) in [7, 11) is 3.22. The molecule has 9 nitrogen and oxygen atoms in total. The van der Waals surface area contributed by atoms with Crippen LogP contribution in [0.4, 0.5) is 0 Å². The van der Waals surface area contributed by atoms with Gasteiger partial charge < -0.3 is 15.2 Å². The van der Waals surface area contributed by atoms with E-state index >= 15 is 0 Å². The molecular weight excluding hydrogens is 312 g/mol. The molecule has 0 saturated carbocycles. The zero-order valence-corrected chi connectivity index (χ0v) is 14.1. The lowest BCUT2D eigenvalue weighted by Crippen LogP contribution is -2.52. The van der Waals surface area contributed by atoms with Gasteiger partial charge in [0.25, 0.3) is 5.56 Å². The second-order valence-corrected chi connectivity index (χ2v) is 6.40. The monoisotopic (exact) mass is 334 g/mol. The Kier molecular flexibility index (Phi) is 4.27. The number of hydrogen-bond acceptors (Lipinski definition) is 5. The van der Waals surface area contributed by atoms with E-state index in [4.69, 9.17) is 0 Å². The third kappa shape index (κ3) is 2.75. The van der Waals surface area contributed by atoms with E-state index in [9.17, 15) is 14.4 Å². The molecule has 0 spiro atoms. The van der Waals surface area contributed by atoms with Crippen molar-refractivity contribution in [2.24, 2.45) is 20.0 Å². The Morgan fingerprint density at radius 1 is 1.42 bits per heavy atom. The Labute approximate surface area is 138 Å². The van der Waals surface area contributed by atoms with Crippen LogP contribution in [0.3, 0.4) is 0 Å². The van der Waals surface area contributed by atoms with E-state index in [0.717, 1.165) is 17.5 Å². The lowest BCUT2D eigenvalue weighted by Gasteiger charge is -2.30. The lowest BCUT2D eigenvalue weighted by atomic mass is 9.95. The van der Waals surface area contributed by atoms with E-state index in [2.05, 4.69) is 22.5 Å². The van der Waals surface area contributed by atoms with Gasteiger partial charge in [0.15, 0.2) is 11.2 Å². The van der Waals surface area contributed by atoms with Crippen LogP contribution in [0.1, 0.15) is 13.3 Å². The van der Waals surface area contributed by atoms with Crippen LogP contribution in [0.2, 0.25) is 0 Å². The average Bonchev–Trinajstić information content (AvgIpc) is 2.94. The van der Waals surface area contributed by atoms with Crippen molar-refractivity contribution in [2.45, 2.75) is 25.9 Å². The molecule has 0 bridgehead atoms. The molecule has 0 radical (unpaired) electrons. The summed E-state index contributed by atoms with van der Waals surface area (Å²) in [6.07, 6.45) is 2.46. The summed E-state index contributed by atoms with van der Waals surface area (Å²) in [6.45, 7) is 3.42. The highest BCUT2D eigenvalue weighted by molar-refractivity contribution is 5.77. The second-order valence-electron chi connectivity index (χ2n) is 6.40. The molecular formula is C15H22N6O3. The Hall–Kier alpha value is -2.42. The number of rotatable bonds is 3. The first kappa shape index (κ1) is 16.4. The summed E-state index contributed by atoms with van der Waals surface area (Å²) in [5, 5.41) is 6.15. The summed E-state index contributed by atoms with van der Waals surface area (Å²) < 4.78 is 3.80. The quantitative estimate of drug-likeness (QED) is 0.715. The van der Waals surface area contributed by atoms with Crippen molar-refractivity contribution in [1.82, 2.24) is 29.3 Å². The van der Waals surface area contributed by atoms with Gasteiger partial charge in [0.05, 0.1) is 6.33 Å². The molecule has 1 aliphatic heterocycles. The third-order valence-corrected chi connectivity index (χ3v) is 4.68. The minimum atomic E-state index is -0.545. The van der Waals surface area contributed by atoms with Crippen LogP contribution in [0, 0.1) is 5.92 Å². The molecule has 24 heavy (non-hydrogen) atoms. The van der Waals surface area contributed by atoms with Gasteiger partial charge in [-0.25, -0.2) is 14.3 Å². The van der Waals surface area contributed by atoms with Gasteiger partial charge in [-0.05, 0) is 18.9 Å². The number of amides is 1. The predicted molar refractivity (Wildman–Crippen MR) is 88.8 cm³/mol. The maximum absolute atomic E-state index is 12.6. The molecule has 1 fully saturated rings. The molecule has 1 saturated heterocycles. The molecule has 2 N–H and O–H groups in total. The third-order valence-electron chi connectivity index (χ3n) is 4.68. The molecule has 3 rings (SSSR count). The van der Waals surface area contributed by atoms with E-state index in [-0.39, 0.29) is 18.5 Å². The maximum Gasteiger partial charge on any atom is 0.332 e. The van der Waals surface area contributed by atoms with Gasteiger partial charge >= 0.3 is 5.69 Å². The van der Waals surface area contributed by atoms with E-state index in [0.29, 0.717) is 23.6 Å². The smallest absolute Gasteiger partial charge is 0.332 e. The number of carbonyl (C=O) groups is 1. The topological polar surface area (TPSA) is 103 Å². The molecule has 3 heterocycles. The van der Waals surface area contributed by atoms with Crippen LogP contribution < -0.4 is 21.9 Å². The molecule has 130 valence electrons. The fourth-order valence-electron chi connectivity index (χ4n) is 3.11. The second kappa shape index (κ2) is 6.23. The number of piperidine rings is 1. The van der Waals surface area contributed by atoms with Crippen molar-refractivity contribution in [3.63, 3.8) is 0 Å². The molecule has 0 aliphatic carbocycles. The number of fused-ring (bicyclic) bond motifs is 1. The van der Waals surface area contributed by atoms with Crippen molar-refractivity contribution >= 4 is 17.1 Å². The van der Waals surface area contributed by atoms with E-state index in [1.54, 1.807) is 18.7 Å². The summed E-state index contributed by atoms with van der Waals surface area (Å²) in [5.41, 5.74) is -0.430. The first-order chi connectivity index (χ1) is 11.4. The van der Waals surface area contributed by atoms with E-state index in [1.165, 1.54) is 10.9 Å². The van der Waals surface area contributed by atoms with Crippen molar-refractivity contribution in [2.75, 3.05) is 13.1 Å². The molecule has 1 aliphatic rings. The van der Waals surface area contributed by atoms with E-state index < -0.39 is 11.2 Å². The van der Waals surface area contributed by atoms with Crippen LogP contribution in [0.5, 0.6) is 0 Å². The van der Waals surface area contributed by atoms with Gasteiger partial charge in [0.1, 0.15) is 6.54 Å². The van der Waals surface area contributed by atoms with Gasteiger partial charge in [-0.15, -0.1) is 0 Å². The standard InChI is InChI=1S/C15H22N6O3/c1-9-4-5-16-6-10(9)18-11(22)7-21-14(23)12-13(17-8-19(12)2)20(3)15(21)24/h8-10,16H,4-7H2,1-3H3,(H,18,22).